The average Bonchev–Trinajstić information content (AvgIpc) is 2.38. The van der Waals surface area contributed by atoms with E-state index in [0.717, 1.165) is 0 Å². The molecule has 2 aromatic rings. The van der Waals surface area contributed by atoms with Crippen molar-refractivity contribution in [1.29, 1.82) is 10.5 Å². The Morgan fingerprint density at radius 1 is 1.16 bits per heavy atom. The normalized spacial score (nSPS) is 9.63. The van der Waals surface area contributed by atoms with Crippen molar-refractivity contribution in [3.63, 3.8) is 0 Å². The number of hydrogen-bond donors (Lipinski definition) is 1. The molecule has 6 heteroatoms. The minimum absolute atomic E-state index is 0.00131. The number of anilines is 1. The Morgan fingerprint density at radius 3 is 2.37 bits per heavy atom. The van der Waals surface area contributed by atoms with Crippen LogP contribution in [0.1, 0.15) is 11.1 Å². The molecule has 1 aromatic heterocycles. The van der Waals surface area contributed by atoms with Gasteiger partial charge in [-0.2, -0.15) is 10.5 Å². The minimum atomic E-state index is 0.00131. The summed E-state index contributed by atoms with van der Waals surface area (Å²) in [5.41, 5.74) is 6.81. The minimum Gasteiger partial charge on any atom is -0.759 e. The molecule has 4 nitrogen and oxygen atoms in total. The zero-order valence-corrected chi connectivity index (χ0v) is 11.1. The summed E-state index contributed by atoms with van der Waals surface area (Å²) in [7, 11) is 0. The average molecular weight is 286 g/mol. The van der Waals surface area contributed by atoms with Crippen LogP contribution in [0, 0.1) is 22.7 Å². The van der Waals surface area contributed by atoms with Gasteiger partial charge in [0.15, 0.2) is 0 Å². The topological polar surface area (TPSA) is 86.5 Å². The number of rotatable bonds is 1. The Morgan fingerprint density at radius 2 is 1.79 bits per heavy atom. The van der Waals surface area contributed by atoms with E-state index in [1.807, 2.05) is 12.1 Å². The number of benzene rings is 1. The summed E-state index contributed by atoms with van der Waals surface area (Å²) >= 11 is 11.1. The van der Waals surface area contributed by atoms with Crippen LogP contribution in [-0.2, 0) is 12.6 Å². The molecule has 1 heterocycles. The van der Waals surface area contributed by atoms with Crippen molar-refractivity contribution in [2.75, 3.05) is 5.73 Å². The first-order valence-corrected chi connectivity index (χ1v) is 5.94. The molecule has 1 aromatic carbocycles. The van der Waals surface area contributed by atoms with E-state index in [2.05, 4.69) is 4.98 Å². The number of nitriles is 2. The van der Waals surface area contributed by atoms with Gasteiger partial charge in [0.1, 0.15) is 17.5 Å². The van der Waals surface area contributed by atoms with E-state index in [9.17, 15) is 10.5 Å². The first-order chi connectivity index (χ1) is 9.10. The van der Waals surface area contributed by atoms with Gasteiger partial charge < -0.3 is 18.4 Å². The van der Waals surface area contributed by atoms with E-state index in [-0.39, 0.29) is 22.0 Å². The van der Waals surface area contributed by atoms with E-state index in [1.54, 1.807) is 24.3 Å². The standard InChI is InChI=1S/C13H7ClN4S/c14-10-4-2-1-3-7(10)11-8(5-15)12(17)18-13(19)9(11)6-16/h1-4H,(H3,17,18,19)/p-1. The van der Waals surface area contributed by atoms with E-state index in [4.69, 9.17) is 30.0 Å². The van der Waals surface area contributed by atoms with Crippen molar-refractivity contribution in [2.24, 2.45) is 0 Å². The molecule has 0 aliphatic carbocycles. The monoisotopic (exact) mass is 285 g/mol. The van der Waals surface area contributed by atoms with Crippen LogP contribution in [0.15, 0.2) is 29.3 Å². The van der Waals surface area contributed by atoms with Gasteiger partial charge in [0.25, 0.3) is 0 Å². The number of nitrogens with two attached hydrogens (primary N) is 1. The Hall–Kier alpha value is -2.34. The molecular weight excluding hydrogens is 280 g/mol. The summed E-state index contributed by atoms with van der Waals surface area (Å²) in [5, 5.41) is 18.9. The second-order valence-electron chi connectivity index (χ2n) is 3.63. The molecule has 0 atom stereocenters. The molecule has 0 amide bonds. The predicted molar refractivity (Wildman–Crippen MR) is 74.2 cm³/mol. The molecule has 0 saturated heterocycles. The Kier molecular flexibility index (Phi) is 3.52. The second kappa shape index (κ2) is 5.11. The van der Waals surface area contributed by atoms with Crippen molar-refractivity contribution in [3.8, 4) is 23.3 Å². The molecule has 0 radical (unpaired) electrons. The highest BCUT2D eigenvalue weighted by Gasteiger charge is 2.17. The molecule has 2 rings (SSSR count). The van der Waals surface area contributed by atoms with Gasteiger partial charge in [-0.05, 0) is 6.07 Å². The Labute approximate surface area is 120 Å². The molecule has 0 saturated carbocycles. The fourth-order valence-electron chi connectivity index (χ4n) is 1.73. The summed E-state index contributed by atoms with van der Waals surface area (Å²) in [4.78, 5) is 3.84. The number of nitrogen functional groups attached to an aromatic ring is 1. The molecule has 0 unspecified atom stereocenters. The van der Waals surface area contributed by atoms with Crippen LogP contribution in [-0.4, -0.2) is 4.98 Å². The van der Waals surface area contributed by atoms with E-state index >= 15 is 0 Å². The van der Waals surface area contributed by atoms with Crippen LogP contribution >= 0.6 is 11.6 Å². The lowest BCUT2D eigenvalue weighted by molar-refractivity contribution is 1.12. The van der Waals surface area contributed by atoms with E-state index in [1.165, 1.54) is 0 Å². The van der Waals surface area contributed by atoms with Crippen molar-refractivity contribution >= 4 is 30.0 Å². The van der Waals surface area contributed by atoms with Crippen LogP contribution in [0.3, 0.4) is 0 Å². The predicted octanol–water partition coefficient (Wildman–Crippen LogP) is 2.63. The maximum absolute atomic E-state index is 9.21. The van der Waals surface area contributed by atoms with Crippen molar-refractivity contribution < 1.29 is 0 Å². The molecule has 2 N–H and O–H groups in total. The zero-order chi connectivity index (χ0) is 14.0. The van der Waals surface area contributed by atoms with Crippen molar-refractivity contribution in [3.05, 3.63) is 40.4 Å². The van der Waals surface area contributed by atoms with Crippen LogP contribution < -0.4 is 5.73 Å². The highest BCUT2D eigenvalue weighted by Crippen LogP contribution is 2.35. The first kappa shape index (κ1) is 13.1. The molecule has 92 valence electrons. The largest absolute Gasteiger partial charge is 0.759 e. The summed E-state index contributed by atoms with van der Waals surface area (Å²) in [6.45, 7) is 0. The van der Waals surface area contributed by atoms with Crippen molar-refractivity contribution in [1.82, 2.24) is 4.98 Å². The lowest BCUT2D eigenvalue weighted by Gasteiger charge is -2.16. The number of nitrogens with zero attached hydrogens (tertiary/aromatic N) is 3. The first-order valence-electron chi connectivity index (χ1n) is 5.15. The van der Waals surface area contributed by atoms with Crippen molar-refractivity contribution in [2.45, 2.75) is 5.03 Å². The van der Waals surface area contributed by atoms with E-state index < -0.39 is 0 Å². The SMILES string of the molecule is N#Cc1c(N)nc([S-])c(C#N)c1-c1ccccc1Cl. The molecule has 0 fully saturated rings. The van der Waals surface area contributed by atoms with Gasteiger partial charge in [0.05, 0.1) is 11.6 Å². The molecular formula is C13H6ClN4S-. The highest BCUT2D eigenvalue weighted by molar-refractivity contribution is 7.58. The third-order valence-electron chi connectivity index (χ3n) is 2.56. The van der Waals surface area contributed by atoms with Gasteiger partial charge in [-0.3, -0.25) is 4.98 Å². The molecule has 0 spiro atoms. The lowest BCUT2D eigenvalue weighted by Crippen LogP contribution is -2.03. The van der Waals surface area contributed by atoms with Gasteiger partial charge in [0, 0.05) is 16.1 Å². The fourth-order valence-corrected chi connectivity index (χ4v) is 2.21. The highest BCUT2D eigenvalue weighted by atomic mass is 35.5. The molecule has 0 aliphatic heterocycles. The van der Waals surface area contributed by atoms with Crippen LogP contribution in [0.2, 0.25) is 5.02 Å². The number of hydrogen-bond acceptors (Lipinski definition) is 5. The Bertz CT molecular complexity index is 705. The molecule has 0 aliphatic rings. The third-order valence-corrected chi connectivity index (χ3v) is 3.18. The van der Waals surface area contributed by atoms with Crippen LogP contribution in [0.4, 0.5) is 5.82 Å². The van der Waals surface area contributed by atoms with Gasteiger partial charge in [-0.15, -0.1) is 0 Å². The Balaban J connectivity index is 2.94. The zero-order valence-electron chi connectivity index (χ0n) is 9.51. The molecule has 0 bridgehead atoms. The summed E-state index contributed by atoms with van der Waals surface area (Å²) in [5.74, 6) is 0.00131. The molecule has 19 heavy (non-hydrogen) atoms. The van der Waals surface area contributed by atoms with Gasteiger partial charge >= 0.3 is 0 Å². The number of halogens is 1. The fraction of sp³-hybridized carbons (Fsp3) is 0. The lowest BCUT2D eigenvalue weighted by atomic mass is 9.97. The second-order valence-corrected chi connectivity index (χ2v) is 4.42. The third kappa shape index (κ3) is 2.17. The quantitative estimate of drug-likeness (QED) is 0.814. The maximum atomic E-state index is 9.21. The number of aromatic nitrogens is 1. The summed E-state index contributed by atoms with van der Waals surface area (Å²) in [6, 6.07) is 10.8. The van der Waals surface area contributed by atoms with Gasteiger partial charge in [-0.1, -0.05) is 34.8 Å². The smallest absolute Gasteiger partial charge is 0.140 e. The number of pyridine rings is 1. The maximum Gasteiger partial charge on any atom is 0.140 e. The van der Waals surface area contributed by atoms with Gasteiger partial charge in [0.2, 0.25) is 0 Å². The summed E-state index contributed by atoms with van der Waals surface area (Å²) < 4.78 is 0. The van der Waals surface area contributed by atoms with Crippen LogP contribution in [0.25, 0.3) is 11.1 Å². The summed E-state index contributed by atoms with van der Waals surface area (Å²) in [6.07, 6.45) is 0. The van der Waals surface area contributed by atoms with E-state index in [0.29, 0.717) is 16.1 Å². The van der Waals surface area contributed by atoms with Gasteiger partial charge in [-0.25, -0.2) is 0 Å². The van der Waals surface area contributed by atoms with Crippen LogP contribution in [0.5, 0.6) is 0 Å².